The molecule has 10 rings (SSSR count). The number of aliphatic hydroxyl groups excluding tert-OH is 1. The maximum Gasteiger partial charge on any atom is 0.303 e. The highest BCUT2D eigenvalue weighted by molar-refractivity contribution is 6.76. The Morgan fingerprint density at radius 1 is 0.416 bits per heavy atom. The van der Waals surface area contributed by atoms with Crippen LogP contribution in [0, 0.1) is 0 Å². The second kappa shape index (κ2) is 29.8. The summed E-state index contributed by atoms with van der Waals surface area (Å²) in [5.41, 5.74) is 6.88. The minimum Gasteiger partial charge on any atom is -0.543 e. The molecule has 0 fully saturated rings. The predicted molar refractivity (Wildman–Crippen MR) is 414 cm³/mol. The Labute approximate surface area is 605 Å². The smallest absolute Gasteiger partial charge is 0.303 e. The van der Waals surface area contributed by atoms with Crippen molar-refractivity contribution in [2.24, 2.45) is 0 Å². The van der Waals surface area contributed by atoms with Crippen LogP contribution in [-0.4, -0.2) is 56.6 Å². The van der Waals surface area contributed by atoms with Gasteiger partial charge in [-0.25, -0.2) is 0 Å². The molecule has 0 aromatic heterocycles. The van der Waals surface area contributed by atoms with Gasteiger partial charge in [-0.1, -0.05) is 217 Å². The van der Waals surface area contributed by atoms with E-state index >= 15 is 0 Å². The van der Waals surface area contributed by atoms with Crippen molar-refractivity contribution in [2.45, 2.75) is 226 Å². The summed E-state index contributed by atoms with van der Waals surface area (Å²) < 4.78 is 80.0. The van der Waals surface area contributed by atoms with Gasteiger partial charge in [-0.15, -0.1) is 0 Å². The van der Waals surface area contributed by atoms with Crippen molar-refractivity contribution in [2.75, 3.05) is 0 Å². The van der Waals surface area contributed by atoms with Crippen molar-refractivity contribution in [1.82, 2.24) is 0 Å². The van der Waals surface area contributed by atoms with Gasteiger partial charge in [0.15, 0.2) is 23.7 Å². The number of benzene rings is 8. The molecular weight excluding hydrogens is 1330 g/mol. The number of rotatable bonds is 24. The molecule has 0 saturated heterocycles. The molecule has 0 radical (unpaired) electrons. The fourth-order valence-corrected chi connectivity index (χ4v) is 15.5. The number of fused-ring (bicyclic) bond motifs is 2. The first kappa shape index (κ1) is 75.7. The fourth-order valence-electron chi connectivity index (χ4n) is 11.4. The standard InChI is InChI=1S/C84H108O13Si4/c1-56(85)91-80-76(75-73(97-101(20,21)84(11,12)13)51-68(95-99(16,17)82(5,6)7)64-50-65(86)77(93-79(64)75)61-43-45-67(94-98(14,15)81(2,3)4)70(47-61)96-100(18,19)83(8,9)10)74-71(90-55-60-40-32-25-33-41-60)48-63(87-52-57-34-26-22-27-35-57)49-72(74)92-78(80)62-42-44-66(88-53-58-36-28-23-29-37-58)69(46-62)89-54-59-38-30-24-31-39-59/h22-49,51,65,76-78,80,86H,50,52-55H2,1-21H3/t65-,76-,77+,78+,80-/m0/s1. The molecule has 1 N–H and O–H groups in total. The molecule has 2 heterocycles. The number of hydrogen-bond donors (Lipinski definition) is 1. The van der Waals surface area contributed by atoms with Gasteiger partial charge in [0.1, 0.15) is 78.5 Å². The van der Waals surface area contributed by atoms with Gasteiger partial charge in [0.05, 0.1) is 12.0 Å². The van der Waals surface area contributed by atoms with Gasteiger partial charge >= 0.3 is 5.97 Å². The van der Waals surface area contributed by atoms with Gasteiger partial charge in [0, 0.05) is 53.8 Å². The van der Waals surface area contributed by atoms with E-state index in [2.05, 4.69) is 135 Å². The predicted octanol–water partition coefficient (Wildman–Crippen LogP) is 21.8. The Morgan fingerprint density at radius 3 is 1.28 bits per heavy atom. The Morgan fingerprint density at radius 2 is 0.812 bits per heavy atom. The van der Waals surface area contributed by atoms with E-state index in [0.717, 1.165) is 22.3 Å². The molecule has 5 atom stereocenters. The molecule has 2 aliphatic rings. The van der Waals surface area contributed by atoms with Crippen molar-refractivity contribution in [1.29, 1.82) is 0 Å². The summed E-state index contributed by atoms with van der Waals surface area (Å²) in [4.78, 5) is 14.6. The summed E-state index contributed by atoms with van der Waals surface area (Å²) in [6.07, 6.45) is -4.27. The normalized spacial score (nSPS) is 17.4. The van der Waals surface area contributed by atoms with Gasteiger partial charge in [-0.05, 0) is 125 Å². The Bertz CT molecular complexity index is 4150. The van der Waals surface area contributed by atoms with Crippen molar-refractivity contribution in [3.8, 4) is 57.5 Å². The second-order valence-electron chi connectivity index (χ2n) is 33.3. The van der Waals surface area contributed by atoms with Crippen LogP contribution in [0.25, 0.3) is 0 Å². The Hall–Kier alpha value is -7.94. The molecule has 0 unspecified atom stereocenters. The molecular formula is C84H108O13Si4. The minimum atomic E-state index is -2.91. The number of esters is 1. The zero-order valence-electron chi connectivity index (χ0n) is 63.5. The van der Waals surface area contributed by atoms with Gasteiger partial charge < -0.3 is 56.0 Å². The van der Waals surface area contributed by atoms with Crippen LogP contribution in [0.4, 0.5) is 0 Å². The highest BCUT2D eigenvalue weighted by atomic mass is 28.4. The van der Waals surface area contributed by atoms with Crippen molar-refractivity contribution >= 4 is 39.2 Å². The van der Waals surface area contributed by atoms with Crippen LogP contribution in [0.15, 0.2) is 176 Å². The third kappa shape index (κ3) is 17.6. The fraction of sp³-hybridized carbons (Fsp3) is 0.417. The number of hydrogen-bond acceptors (Lipinski definition) is 13. The van der Waals surface area contributed by atoms with E-state index in [-0.39, 0.29) is 53.0 Å². The first-order valence-corrected chi connectivity index (χ1v) is 47.2. The Kier molecular flexibility index (Phi) is 22.3. The number of ether oxygens (including phenoxy) is 7. The molecule has 13 nitrogen and oxygen atoms in total. The van der Waals surface area contributed by atoms with Crippen molar-refractivity contribution in [3.63, 3.8) is 0 Å². The van der Waals surface area contributed by atoms with Gasteiger partial charge in [0.25, 0.3) is 16.6 Å². The largest absolute Gasteiger partial charge is 0.543 e. The van der Waals surface area contributed by atoms with Crippen molar-refractivity contribution in [3.05, 3.63) is 226 Å². The van der Waals surface area contributed by atoms with E-state index in [0.29, 0.717) is 85.3 Å². The monoisotopic (exact) mass is 1440 g/mol. The summed E-state index contributed by atoms with van der Waals surface area (Å²) in [5, 5.41) is 12.3. The van der Waals surface area contributed by atoms with Crippen LogP contribution in [0.1, 0.15) is 158 Å². The van der Waals surface area contributed by atoms with E-state index in [4.69, 9.17) is 50.9 Å². The lowest BCUT2D eigenvalue weighted by molar-refractivity contribution is -0.154. The van der Waals surface area contributed by atoms with E-state index in [1.807, 2.05) is 176 Å². The lowest BCUT2D eigenvalue weighted by Gasteiger charge is -2.45. The van der Waals surface area contributed by atoms with E-state index in [9.17, 15) is 9.90 Å². The van der Waals surface area contributed by atoms with Crippen LogP contribution >= 0.6 is 0 Å². The molecule has 0 bridgehead atoms. The zero-order valence-corrected chi connectivity index (χ0v) is 67.5. The molecule has 17 heteroatoms. The van der Waals surface area contributed by atoms with E-state index < -0.39 is 69.6 Å². The van der Waals surface area contributed by atoms with Crippen LogP contribution in [0.2, 0.25) is 72.5 Å². The SMILES string of the molecule is CC(=O)O[C@H]1[C@H](c2c(O[Si](C)(C)C(C)(C)C)cc(O[Si](C)(C)C(C)(C)C)c3c2O[C@H](c2ccc(O[Si](C)(C)C(C)(C)C)c(O[Si](C)(C)C(C)(C)C)c2)[C@@H](O)C3)c2c(OCc3ccccc3)cc(OCc3ccccc3)cc2O[C@@H]1c1ccc(OCc2ccccc2)c(OCc2ccccc2)c1. The first-order chi connectivity index (χ1) is 47.3. The summed E-state index contributed by atoms with van der Waals surface area (Å²) in [5.74, 6) is 3.36. The topological polar surface area (TPSA) is 139 Å². The summed E-state index contributed by atoms with van der Waals surface area (Å²) in [7, 11) is -10.6. The summed E-state index contributed by atoms with van der Waals surface area (Å²) >= 11 is 0. The second-order valence-corrected chi connectivity index (χ2v) is 52.2. The minimum absolute atomic E-state index is 0.103. The number of aliphatic hydroxyl groups is 1. The number of carbonyl (C=O) groups is 1. The lowest BCUT2D eigenvalue weighted by atomic mass is 9.77. The summed E-state index contributed by atoms with van der Waals surface area (Å²) in [6.45, 7) is 46.8. The van der Waals surface area contributed by atoms with E-state index in [1.54, 1.807) is 0 Å². The van der Waals surface area contributed by atoms with Crippen LogP contribution in [0.5, 0.6) is 57.5 Å². The van der Waals surface area contributed by atoms with Crippen LogP contribution in [0.3, 0.4) is 0 Å². The molecule has 0 spiro atoms. The molecule has 8 aromatic rings. The van der Waals surface area contributed by atoms with Gasteiger partial charge in [-0.2, -0.15) is 0 Å². The van der Waals surface area contributed by atoms with Crippen LogP contribution in [-0.2, 0) is 42.4 Å². The molecule has 0 amide bonds. The average Bonchev–Trinajstić information content (AvgIpc) is 0.716. The lowest BCUT2D eigenvalue weighted by Crippen LogP contribution is -2.46. The van der Waals surface area contributed by atoms with Gasteiger partial charge in [-0.3, -0.25) is 4.79 Å². The average molecular weight is 1440 g/mol. The Balaban J connectivity index is 1.29. The molecule has 8 aromatic carbocycles. The molecule has 0 saturated carbocycles. The molecule has 101 heavy (non-hydrogen) atoms. The maximum absolute atomic E-state index is 14.6. The quantitative estimate of drug-likeness (QED) is 0.0454. The first-order valence-electron chi connectivity index (χ1n) is 35.6. The molecule has 2 aliphatic heterocycles. The number of carbonyl (C=O) groups excluding carboxylic acids is 1. The highest BCUT2D eigenvalue weighted by Gasteiger charge is 2.52. The summed E-state index contributed by atoms with van der Waals surface area (Å²) in [6, 6.07) is 57.6. The van der Waals surface area contributed by atoms with E-state index in [1.165, 1.54) is 6.92 Å². The molecule has 0 aliphatic carbocycles. The van der Waals surface area contributed by atoms with Crippen molar-refractivity contribution < 1.29 is 60.8 Å². The maximum atomic E-state index is 14.6. The molecule has 538 valence electrons. The van der Waals surface area contributed by atoms with Gasteiger partial charge in [0.2, 0.25) is 16.6 Å². The van der Waals surface area contributed by atoms with Crippen LogP contribution < -0.4 is 46.1 Å². The zero-order chi connectivity index (χ0) is 73.3. The third-order valence-corrected chi connectivity index (χ3v) is 38.8. The third-order valence-electron chi connectivity index (χ3n) is 21.5. The highest BCUT2D eigenvalue weighted by Crippen LogP contribution is 2.61.